The Hall–Kier alpha value is -0.610. The summed E-state index contributed by atoms with van der Waals surface area (Å²) in [7, 11) is 0. The molecule has 0 amide bonds. The molecule has 2 heterocycles. The van der Waals surface area contributed by atoms with Crippen molar-refractivity contribution in [3.63, 3.8) is 0 Å². The quantitative estimate of drug-likeness (QED) is 0.623. The molecule has 0 aromatic carbocycles. The van der Waals surface area contributed by atoms with E-state index in [0.717, 1.165) is 30.1 Å². The van der Waals surface area contributed by atoms with Crippen LogP contribution in [0.3, 0.4) is 0 Å². The lowest BCUT2D eigenvalue weighted by atomic mass is 9.70. The molecule has 0 aromatic rings. The summed E-state index contributed by atoms with van der Waals surface area (Å²) in [6.07, 6.45) is 9.58. The maximum absolute atomic E-state index is 8.36. The summed E-state index contributed by atoms with van der Waals surface area (Å²) in [5.74, 6) is 3.42. The summed E-state index contributed by atoms with van der Waals surface area (Å²) in [5, 5.41) is 6.89. The van der Waals surface area contributed by atoms with E-state index in [0.29, 0.717) is 0 Å². The van der Waals surface area contributed by atoms with Crippen LogP contribution in [0.25, 0.3) is 0 Å². The molecular weight excluding hydrogens is 256 g/mol. The highest BCUT2D eigenvalue weighted by Crippen LogP contribution is 2.76. The molecule has 2 saturated heterocycles. The third-order valence-corrected chi connectivity index (χ3v) is 5.98. The van der Waals surface area contributed by atoms with E-state index >= 15 is 0 Å². The smallest absolute Gasteiger partial charge is 0.290 e. The summed E-state index contributed by atoms with van der Waals surface area (Å²) in [5.41, 5.74) is 0. The Kier molecular flexibility index (Phi) is 3.57. The van der Waals surface area contributed by atoms with Crippen molar-refractivity contribution in [3.05, 3.63) is 0 Å². The topological polar surface area (TPSA) is 62.4 Å². The Labute approximate surface area is 120 Å². The number of carboxylic acid groups (broad SMARTS) is 1. The number of ether oxygens (including phenoxy) is 2. The second kappa shape index (κ2) is 4.99. The number of rotatable bonds is 2. The highest BCUT2D eigenvalue weighted by molar-refractivity contribution is 5.32. The maximum Gasteiger partial charge on any atom is 0.290 e. The molecule has 1 N–H and O–H groups in total. The molecule has 0 radical (unpaired) electrons. The molecule has 0 spiro atoms. The van der Waals surface area contributed by atoms with E-state index in [9.17, 15) is 0 Å². The summed E-state index contributed by atoms with van der Waals surface area (Å²) in [4.78, 5) is 8.36. The minimum absolute atomic E-state index is 0.0674. The summed E-state index contributed by atoms with van der Waals surface area (Å²) in [6.45, 7) is 4.61. The van der Waals surface area contributed by atoms with Crippen LogP contribution in [-0.4, -0.2) is 23.2 Å². The fraction of sp³-hybridized carbons (Fsp3) is 0.938. The van der Waals surface area contributed by atoms with Crippen LogP contribution in [0.15, 0.2) is 0 Å². The van der Waals surface area contributed by atoms with E-state index in [1.807, 2.05) is 0 Å². The lowest BCUT2D eigenvalue weighted by Crippen LogP contribution is -2.27. The van der Waals surface area contributed by atoms with E-state index in [4.69, 9.17) is 19.4 Å². The first-order valence-corrected chi connectivity index (χ1v) is 8.04. The van der Waals surface area contributed by atoms with Gasteiger partial charge in [0.2, 0.25) is 11.6 Å². The van der Waals surface area contributed by atoms with Crippen molar-refractivity contribution in [1.29, 1.82) is 0 Å². The molecule has 20 heavy (non-hydrogen) atoms. The third kappa shape index (κ3) is 2.27. The number of epoxide rings is 2. The largest absolute Gasteiger partial charge is 0.483 e. The van der Waals surface area contributed by atoms with Crippen LogP contribution in [0.5, 0.6) is 0 Å². The van der Waals surface area contributed by atoms with Gasteiger partial charge < -0.3 is 14.6 Å². The SMILES string of the molecule is CC1CCCCC1CC1CC23OC2(CC1C)O3.O=CO. The van der Waals surface area contributed by atoms with Crippen molar-refractivity contribution in [2.45, 2.75) is 70.4 Å². The van der Waals surface area contributed by atoms with Crippen LogP contribution in [0, 0.1) is 23.7 Å². The van der Waals surface area contributed by atoms with Crippen molar-refractivity contribution in [1.82, 2.24) is 0 Å². The molecule has 4 heteroatoms. The molecule has 4 nitrogen and oxygen atoms in total. The van der Waals surface area contributed by atoms with Crippen LogP contribution in [0.1, 0.15) is 58.8 Å². The first kappa shape index (κ1) is 14.3. The molecule has 2 saturated carbocycles. The first-order chi connectivity index (χ1) is 9.56. The van der Waals surface area contributed by atoms with Crippen molar-refractivity contribution in [2.24, 2.45) is 23.7 Å². The highest BCUT2D eigenvalue weighted by Gasteiger charge is 2.92. The molecule has 0 aromatic heterocycles. The van der Waals surface area contributed by atoms with Crippen LogP contribution < -0.4 is 0 Å². The molecule has 4 atom stereocenters. The van der Waals surface area contributed by atoms with Gasteiger partial charge in [-0.1, -0.05) is 39.5 Å². The minimum Gasteiger partial charge on any atom is -0.483 e. The zero-order valence-corrected chi connectivity index (χ0v) is 12.5. The average Bonchev–Trinajstić information content (AvgIpc) is 3.19. The average molecular weight is 282 g/mol. The van der Waals surface area contributed by atoms with Gasteiger partial charge in [-0.3, -0.25) is 4.79 Å². The van der Waals surface area contributed by atoms with Gasteiger partial charge in [-0.25, -0.2) is 0 Å². The molecule has 4 fully saturated rings. The van der Waals surface area contributed by atoms with E-state index in [1.54, 1.807) is 0 Å². The fourth-order valence-corrected chi connectivity index (χ4v) is 4.55. The molecular formula is C16H26O4. The number of carbonyl (C=O) groups is 1. The van der Waals surface area contributed by atoms with Gasteiger partial charge in [-0.05, 0) is 30.1 Å². The van der Waals surface area contributed by atoms with Crippen molar-refractivity contribution >= 4 is 6.47 Å². The minimum atomic E-state index is -0.250. The Balaban J connectivity index is 0.000000373. The fourth-order valence-electron chi connectivity index (χ4n) is 4.55. The molecule has 4 aliphatic rings. The zero-order chi connectivity index (χ0) is 14.4. The van der Waals surface area contributed by atoms with Gasteiger partial charge in [0.15, 0.2) is 0 Å². The molecule has 2 aliphatic heterocycles. The van der Waals surface area contributed by atoms with Gasteiger partial charge in [0.05, 0.1) is 0 Å². The molecule has 2 aliphatic carbocycles. The standard InChI is InChI=1S/C15H24O2.CH2O2/c1-10-5-3-4-6-12(10)7-13-9-15-14(16-15,17-15)8-11(13)2;2-1-3/h10-13H,3-9H2,1-2H3;1H,(H,2,3). The zero-order valence-electron chi connectivity index (χ0n) is 12.5. The van der Waals surface area contributed by atoms with Crippen molar-refractivity contribution in [3.8, 4) is 0 Å². The van der Waals surface area contributed by atoms with Crippen molar-refractivity contribution < 1.29 is 19.4 Å². The number of hydrogen-bond acceptors (Lipinski definition) is 3. The predicted octanol–water partition coefficient (Wildman–Crippen LogP) is 3.40. The van der Waals surface area contributed by atoms with Crippen LogP contribution in [-0.2, 0) is 14.3 Å². The second-order valence-electron chi connectivity index (χ2n) is 7.22. The van der Waals surface area contributed by atoms with E-state index in [2.05, 4.69) is 13.8 Å². The van der Waals surface area contributed by atoms with Crippen LogP contribution in [0.2, 0.25) is 0 Å². The number of hydrogen-bond donors (Lipinski definition) is 1. The Morgan fingerprint density at radius 3 is 2.30 bits per heavy atom. The van der Waals surface area contributed by atoms with Gasteiger partial charge in [0.25, 0.3) is 6.47 Å². The Morgan fingerprint density at radius 2 is 1.65 bits per heavy atom. The van der Waals surface area contributed by atoms with Crippen LogP contribution >= 0.6 is 0 Å². The maximum atomic E-state index is 8.36. The van der Waals surface area contributed by atoms with Gasteiger partial charge in [-0.15, -0.1) is 0 Å². The van der Waals surface area contributed by atoms with E-state index in [-0.39, 0.29) is 18.0 Å². The first-order valence-electron chi connectivity index (χ1n) is 8.04. The van der Waals surface area contributed by atoms with Gasteiger partial charge in [-0.2, -0.15) is 0 Å². The Bertz CT molecular complexity index is 375. The molecule has 114 valence electrons. The normalized spacial score (nSPS) is 51.9. The summed E-state index contributed by atoms with van der Waals surface area (Å²) in [6, 6.07) is 0. The van der Waals surface area contributed by atoms with E-state index in [1.165, 1.54) is 38.5 Å². The van der Waals surface area contributed by atoms with Crippen LogP contribution in [0.4, 0.5) is 0 Å². The monoisotopic (exact) mass is 282 g/mol. The van der Waals surface area contributed by atoms with Crippen molar-refractivity contribution in [2.75, 3.05) is 0 Å². The third-order valence-electron chi connectivity index (χ3n) is 5.98. The lowest BCUT2D eigenvalue weighted by Gasteiger charge is -2.34. The molecule has 4 unspecified atom stereocenters. The lowest BCUT2D eigenvalue weighted by molar-refractivity contribution is -0.122. The highest BCUT2D eigenvalue weighted by atomic mass is 17.0. The predicted molar refractivity (Wildman–Crippen MR) is 74.0 cm³/mol. The summed E-state index contributed by atoms with van der Waals surface area (Å²) < 4.78 is 11.5. The van der Waals surface area contributed by atoms with Gasteiger partial charge >= 0.3 is 0 Å². The van der Waals surface area contributed by atoms with E-state index < -0.39 is 0 Å². The van der Waals surface area contributed by atoms with Gasteiger partial charge in [0.1, 0.15) is 0 Å². The molecule has 0 bridgehead atoms. The van der Waals surface area contributed by atoms with Gasteiger partial charge in [0, 0.05) is 12.8 Å². The second-order valence-corrected chi connectivity index (χ2v) is 7.22. The summed E-state index contributed by atoms with van der Waals surface area (Å²) >= 11 is 0. The molecule has 4 rings (SSSR count). The Morgan fingerprint density at radius 1 is 1.05 bits per heavy atom.